The molecule has 0 unspecified atom stereocenters. The number of ether oxygens (including phenoxy) is 2. The third-order valence-corrected chi connectivity index (χ3v) is 3.72. The lowest BCUT2D eigenvalue weighted by Gasteiger charge is -2.20. The first-order valence-corrected chi connectivity index (χ1v) is 8.99. The number of benzene rings is 2. The first kappa shape index (κ1) is 20.3. The van der Waals surface area contributed by atoms with E-state index in [4.69, 9.17) is 9.47 Å². The smallest absolute Gasteiger partial charge is 0.419 e. The SMILES string of the molecule is CCN(C(=O)Oc1cccc(NC(=O)OCC(C)C)c1)c1ccc(C)cc1. The molecule has 0 heterocycles. The highest BCUT2D eigenvalue weighted by Crippen LogP contribution is 2.21. The molecule has 0 aliphatic carbocycles. The van der Waals surface area contributed by atoms with Gasteiger partial charge < -0.3 is 9.47 Å². The molecule has 0 saturated carbocycles. The van der Waals surface area contributed by atoms with E-state index in [0.717, 1.165) is 11.3 Å². The van der Waals surface area contributed by atoms with Gasteiger partial charge in [0.1, 0.15) is 5.75 Å². The van der Waals surface area contributed by atoms with Crippen LogP contribution in [0.3, 0.4) is 0 Å². The van der Waals surface area contributed by atoms with Crippen molar-refractivity contribution in [3.63, 3.8) is 0 Å². The minimum atomic E-state index is -0.540. The number of nitrogens with one attached hydrogen (secondary N) is 1. The van der Waals surface area contributed by atoms with Gasteiger partial charge in [-0.3, -0.25) is 10.2 Å². The number of hydrogen-bond donors (Lipinski definition) is 1. The molecule has 2 aromatic carbocycles. The van der Waals surface area contributed by atoms with E-state index in [0.29, 0.717) is 24.6 Å². The normalized spacial score (nSPS) is 10.4. The van der Waals surface area contributed by atoms with Crippen LogP contribution in [-0.4, -0.2) is 25.3 Å². The van der Waals surface area contributed by atoms with Crippen molar-refractivity contribution in [2.75, 3.05) is 23.4 Å². The van der Waals surface area contributed by atoms with Crippen molar-refractivity contribution in [2.45, 2.75) is 27.7 Å². The number of hydrogen-bond acceptors (Lipinski definition) is 4. The van der Waals surface area contributed by atoms with Gasteiger partial charge in [0.25, 0.3) is 0 Å². The number of anilines is 2. The highest BCUT2D eigenvalue weighted by atomic mass is 16.6. The molecule has 0 bridgehead atoms. The molecule has 2 aromatic rings. The van der Waals surface area contributed by atoms with Gasteiger partial charge in [0, 0.05) is 24.0 Å². The van der Waals surface area contributed by atoms with Gasteiger partial charge in [-0.2, -0.15) is 0 Å². The molecular weight excluding hydrogens is 344 g/mol. The summed E-state index contributed by atoms with van der Waals surface area (Å²) < 4.78 is 10.6. The fraction of sp³-hybridized carbons (Fsp3) is 0.333. The minimum absolute atomic E-state index is 0.254. The summed E-state index contributed by atoms with van der Waals surface area (Å²) in [7, 11) is 0. The molecule has 0 aromatic heterocycles. The van der Waals surface area contributed by atoms with Gasteiger partial charge in [-0.1, -0.05) is 37.6 Å². The Morgan fingerprint density at radius 2 is 1.81 bits per heavy atom. The van der Waals surface area contributed by atoms with Crippen molar-refractivity contribution in [2.24, 2.45) is 5.92 Å². The van der Waals surface area contributed by atoms with Gasteiger partial charge in [0.05, 0.1) is 6.61 Å². The summed E-state index contributed by atoms with van der Waals surface area (Å²) >= 11 is 0. The van der Waals surface area contributed by atoms with Crippen LogP contribution in [0.2, 0.25) is 0 Å². The van der Waals surface area contributed by atoms with E-state index in [2.05, 4.69) is 5.32 Å². The lowest BCUT2D eigenvalue weighted by atomic mass is 10.2. The van der Waals surface area contributed by atoms with Crippen molar-refractivity contribution in [3.05, 3.63) is 54.1 Å². The molecule has 27 heavy (non-hydrogen) atoms. The summed E-state index contributed by atoms with van der Waals surface area (Å²) in [6.07, 6.45) is -1.03. The zero-order valence-electron chi connectivity index (χ0n) is 16.2. The summed E-state index contributed by atoms with van der Waals surface area (Å²) in [5.74, 6) is 0.595. The van der Waals surface area contributed by atoms with Crippen LogP contribution in [0, 0.1) is 12.8 Å². The van der Waals surface area contributed by atoms with Crippen LogP contribution < -0.4 is 15.0 Å². The zero-order chi connectivity index (χ0) is 19.8. The Hall–Kier alpha value is -3.02. The summed E-state index contributed by atoms with van der Waals surface area (Å²) in [6, 6.07) is 14.3. The van der Waals surface area contributed by atoms with Crippen molar-refractivity contribution >= 4 is 23.6 Å². The maximum absolute atomic E-state index is 12.5. The third-order valence-electron chi connectivity index (χ3n) is 3.72. The lowest BCUT2D eigenvalue weighted by Crippen LogP contribution is -2.33. The van der Waals surface area contributed by atoms with Crippen molar-refractivity contribution in [1.29, 1.82) is 0 Å². The molecule has 144 valence electrons. The summed E-state index contributed by atoms with van der Waals surface area (Å²) in [5, 5.41) is 2.63. The Morgan fingerprint density at radius 1 is 1.11 bits per heavy atom. The average molecular weight is 370 g/mol. The van der Waals surface area contributed by atoms with Gasteiger partial charge in [0.15, 0.2) is 0 Å². The number of rotatable bonds is 6. The average Bonchev–Trinajstić information content (AvgIpc) is 2.62. The number of aryl methyl sites for hydroxylation is 1. The predicted octanol–water partition coefficient (Wildman–Crippen LogP) is 5.22. The quantitative estimate of drug-likeness (QED) is 0.756. The zero-order valence-corrected chi connectivity index (χ0v) is 16.2. The Kier molecular flexibility index (Phi) is 7.23. The number of amides is 2. The highest BCUT2D eigenvalue weighted by Gasteiger charge is 2.16. The Balaban J connectivity index is 2.02. The Labute approximate surface area is 160 Å². The van der Waals surface area contributed by atoms with Crippen molar-refractivity contribution in [3.8, 4) is 5.75 Å². The number of carbonyl (C=O) groups is 2. The molecular formula is C21H26N2O4. The number of nitrogens with zero attached hydrogens (tertiary/aromatic N) is 1. The van der Waals surface area contributed by atoms with Crippen molar-refractivity contribution in [1.82, 2.24) is 0 Å². The van der Waals surface area contributed by atoms with Gasteiger partial charge in [-0.05, 0) is 44.0 Å². The van der Waals surface area contributed by atoms with Gasteiger partial charge >= 0.3 is 12.2 Å². The van der Waals surface area contributed by atoms with Crippen LogP contribution in [-0.2, 0) is 4.74 Å². The molecule has 0 saturated heterocycles. The molecule has 6 heteroatoms. The molecule has 2 rings (SSSR count). The summed E-state index contributed by atoms with van der Waals surface area (Å²) in [4.78, 5) is 25.8. The molecule has 6 nitrogen and oxygen atoms in total. The van der Waals surface area contributed by atoms with Crippen LogP contribution in [0.25, 0.3) is 0 Å². The van der Waals surface area contributed by atoms with E-state index in [1.807, 2.05) is 52.0 Å². The van der Waals surface area contributed by atoms with E-state index >= 15 is 0 Å². The summed E-state index contributed by atoms with van der Waals surface area (Å²) in [6.45, 7) is 8.60. The van der Waals surface area contributed by atoms with Crippen molar-refractivity contribution < 1.29 is 19.1 Å². The van der Waals surface area contributed by atoms with Crippen LogP contribution >= 0.6 is 0 Å². The Bertz CT molecular complexity index is 772. The van der Waals surface area contributed by atoms with Crippen LogP contribution in [0.15, 0.2) is 48.5 Å². The largest absolute Gasteiger partial charge is 0.449 e. The molecule has 0 radical (unpaired) electrons. The van der Waals surface area contributed by atoms with Gasteiger partial charge in [-0.25, -0.2) is 9.59 Å². The second-order valence-corrected chi connectivity index (χ2v) is 6.59. The lowest BCUT2D eigenvalue weighted by molar-refractivity contribution is 0.147. The van der Waals surface area contributed by atoms with E-state index in [9.17, 15) is 9.59 Å². The highest BCUT2D eigenvalue weighted by molar-refractivity contribution is 5.89. The van der Waals surface area contributed by atoms with E-state index in [-0.39, 0.29) is 5.92 Å². The first-order valence-electron chi connectivity index (χ1n) is 8.99. The predicted molar refractivity (Wildman–Crippen MR) is 106 cm³/mol. The second kappa shape index (κ2) is 9.62. The monoisotopic (exact) mass is 370 g/mol. The third kappa shape index (κ3) is 6.33. The first-order chi connectivity index (χ1) is 12.9. The fourth-order valence-corrected chi connectivity index (χ4v) is 2.33. The summed E-state index contributed by atoms with van der Waals surface area (Å²) in [5.41, 5.74) is 2.37. The van der Waals surface area contributed by atoms with Crippen LogP contribution in [0.1, 0.15) is 26.3 Å². The molecule has 0 fully saturated rings. The molecule has 0 aliphatic heterocycles. The minimum Gasteiger partial charge on any atom is -0.449 e. The fourth-order valence-electron chi connectivity index (χ4n) is 2.33. The molecule has 1 N–H and O–H groups in total. The second-order valence-electron chi connectivity index (χ2n) is 6.59. The Morgan fingerprint density at radius 3 is 2.44 bits per heavy atom. The van der Waals surface area contributed by atoms with Gasteiger partial charge in [-0.15, -0.1) is 0 Å². The maximum Gasteiger partial charge on any atom is 0.419 e. The van der Waals surface area contributed by atoms with Crippen LogP contribution in [0.4, 0.5) is 21.0 Å². The van der Waals surface area contributed by atoms with E-state index in [1.54, 1.807) is 24.3 Å². The number of carbonyl (C=O) groups excluding carboxylic acids is 2. The van der Waals surface area contributed by atoms with E-state index < -0.39 is 12.2 Å². The standard InChI is InChI=1S/C21H26N2O4/c1-5-23(18-11-9-16(4)10-12-18)21(25)27-19-8-6-7-17(13-19)22-20(24)26-14-15(2)3/h6-13,15H,5,14H2,1-4H3,(H,22,24). The topological polar surface area (TPSA) is 67.9 Å². The molecule has 2 amide bonds. The molecule has 0 spiro atoms. The van der Waals surface area contributed by atoms with E-state index in [1.165, 1.54) is 4.90 Å². The molecule has 0 atom stereocenters. The maximum atomic E-state index is 12.5. The van der Waals surface area contributed by atoms with Crippen LogP contribution in [0.5, 0.6) is 5.75 Å². The molecule has 0 aliphatic rings. The van der Waals surface area contributed by atoms with Gasteiger partial charge in [0.2, 0.25) is 0 Å².